The summed E-state index contributed by atoms with van der Waals surface area (Å²) >= 11 is 4.86. The van der Waals surface area contributed by atoms with E-state index in [1.807, 2.05) is 12.1 Å². The molecule has 2 aromatic heterocycles. The van der Waals surface area contributed by atoms with Crippen molar-refractivity contribution < 1.29 is 14.7 Å². The second-order valence-electron chi connectivity index (χ2n) is 3.58. The molecular formula is C10H9BrN4O3S. The lowest BCUT2D eigenvalue weighted by molar-refractivity contribution is -0.137. The first-order chi connectivity index (χ1) is 9.04. The molecule has 0 aliphatic carbocycles. The van der Waals surface area contributed by atoms with Gasteiger partial charge in [-0.25, -0.2) is 4.68 Å². The summed E-state index contributed by atoms with van der Waals surface area (Å²) in [5.74, 6) is -1.43. The van der Waals surface area contributed by atoms with Crippen LogP contribution in [0.15, 0.2) is 22.1 Å². The van der Waals surface area contributed by atoms with Crippen molar-refractivity contribution in [3.05, 3.63) is 32.7 Å². The molecule has 2 aromatic rings. The van der Waals surface area contributed by atoms with Gasteiger partial charge in [-0.05, 0) is 28.1 Å². The Balaban J connectivity index is 1.92. The summed E-state index contributed by atoms with van der Waals surface area (Å²) < 4.78 is 2.09. The predicted molar refractivity (Wildman–Crippen MR) is 70.8 cm³/mol. The zero-order chi connectivity index (χ0) is 13.8. The number of hydrogen-bond donors (Lipinski definition) is 2. The van der Waals surface area contributed by atoms with E-state index in [2.05, 4.69) is 31.6 Å². The maximum atomic E-state index is 11.7. The number of carboxylic acid groups (broad SMARTS) is 1. The molecule has 0 bridgehead atoms. The van der Waals surface area contributed by atoms with Crippen LogP contribution in [0.25, 0.3) is 0 Å². The van der Waals surface area contributed by atoms with E-state index in [0.717, 1.165) is 13.3 Å². The molecule has 0 atom stereocenters. The van der Waals surface area contributed by atoms with Gasteiger partial charge in [-0.1, -0.05) is 5.21 Å². The number of carbonyl (C=O) groups is 2. The fraction of sp³-hybridized carbons (Fsp3) is 0.200. The Morgan fingerprint density at radius 1 is 1.47 bits per heavy atom. The van der Waals surface area contributed by atoms with E-state index in [-0.39, 0.29) is 18.1 Å². The Hall–Kier alpha value is -1.74. The molecule has 0 aliphatic heterocycles. The summed E-state index contributed by atoms with van der Waals surface area (Å²) in [5, 5.41) is 18.4. The van der Waals surface area contributed by atoms with Crippen molar-refractivity contribution in [3.63, 3.8) is 0 Å². The molecule has 0 unspecified atom stereocenters. The van der Waals surface area contributed by atoms with Crippen LogP contribution in [0.3, 0.4) is 0 Å². The van der Waals surface area contributed by atoms with Gasteiger partial charge in [0.05, 0.1) is 16.5 Å². The Morgan fingerprint density at radius 3 is 2.89 bits per heavy atom. The van der Waals surface area contributed by atoms with Gasteiger partial charge in [0, 0.05) is 4.88 Å². The summed E-state index contributed by atoms with van der Waals surface area (Å²) in [4.78, 5) is 23.2. The van der Waals surface area contributed by atoms with E-state index < -0.39 is 5.97 Å². The molecule has 0 saturated heterocycles. The number of halogens is 1. The quantitative estimate of drug-likeness (QED) is 0.846. The van der Waals surface area contributed by atoms with Crippen molar-refractivity contribution in [3.8, 4) is 0 Å². The standard InChI is InChI=1S/C10H9BrN4O3S/c11-8-2-1-6(19-8)3-12-10(18)7-4-15(14-13-7)5-9(16)17/h1-2,4H,3,5H2,(H,12,18)(H,16,17). The van der Waals surface area contributed by atoms with Crippen LogP contribution in [0.1, 0.15) is 15.4 Å². The van der Waals surface area contributed by atoms with E-state index in [4.69, 9.17) is 5.11 Å². The van der Waals surface area contributed by atoms with Gasteiger partial charge in [0.2, 0.25) is 0 Å². The molecule has 0 saturated carbocycles. The lowest BCUT2D eigenvalue weighted by Crippen LogP contribution is -2.22. The zero-order valence-corrected chi connectivity index (χ0v) is 11.9. The Kier molecular flexibility index (Phi) is 4.27. The Bertz CT molecular complexity index is 609. The number of thiophene rings is 1. The van der Waals surface area contributed by atoms with E-state index in [9.17, 15) is 9.59 Å². The topological polar surface area (TPSA) is 97.1 Å². The highest BCUT2D eigenvalue weighted by molar-refractivity contribution is 9.11. The molecule has 100 valence electrons. The SMILES string of the molecule is O=C(O)Cn1cc(C(=O)NCc2ccc(Br)s2)nn1. The first kappa shape index (κ1) is 13.7. The van der Waals surface area contributed by atoms with E-state index in [0.29, 0.717) is 6.54 Å². The van der Waals surface area contributed by atoms with Gasteiger partial charge in [-0.3, -0.25) is 9.59 Å². The molecule has 0 aromatic carbocycles. The third-order valence-corrected chi connectivity index (χ3v) is 3.74. The second-order valence-corrected chi connectivity index (χ2v) is 6.13. The van der Waals surface area contributed by atoms with Crippen LogP contribution in [0, 0.1) is 0 Å². The average molecular weight is 345 g/mol. The number of aliphatic carboxylic acids is 1. The monoisotopic (exact) mass is 344 g/mol. The lowest BCUT2D eigenvalue weighted by atomic mass is 10.4. The molecule has 0 aliphatic rings. The van der Waals surface area contributed by atoms with E-state index >= 15 is 0 Å². The second kappa shape index (κ2) is 5.93. The average Bonchev–Trinajstić information content (AvgIpc) is 2.95. The molecule has 0 spiro atoms. The summed E-state index contributed by atoms with van der Waals surface area (Å²) in [6.07, 6.45) is 1.30. The summed E-state index contributed by atoms with van der Waals surface area (Å²) in [5.41, 5.74) is 0.0943. The third-order valence-electron chi connectivity index (χ3n) is 2.12. The van der Waals surface area contributed by atoms with Crippen LogP contribution in [0.2, 0.25) is 0 Å². The molecular weight excluding hydrogens is 336 g/mol. The Labute approximate surface area is 120 Å². The molecule has 2 heterocycles. The van der Waals surface area contributed by atoms with Crippen LogP contribution >= 0.6 is 27.3 Å². The van der Waals surface area contributed by atoms with Crippen LogP contribution < -0.4 is 5.32 Å². The highest BCUT2D eigenvalue weighted by atomic mass is 79.9. The first-order valence-corrected chi connectivity index (χ1v) is 6.80. The number of nitrogens with zero attached hydrogens (tertiary/aromatic N) is 3. The van der Waals surface area contributed by atoms with Gasteiger partial charge >= 0.3 is 5.97 Å². The zero-order valence-electron chi connectivity index (χ0n) is 9.54. The fourth-order valence-electron chi connectivity index (χ4n) is 1.32. The number of rotatable bonds is 5. The van der Waals surface area contributed by atoms with Crippen molar-refractivity contribution in [2.24, 2.45) is 0 Å². The highest BCUT2D eigenvalue weighted by Gasteiger charge is 2.12. The lowest BCUT2D eigenvalue weighted by Gasteiger charge is -1.99. The van der Waals surface area contributed by atoms with Crippen molar-refractivity contribution in [1.82, 2.24) is 20.3 Å². The molecule has 0 fully saturated rings. The maximum absolute atomic E-state index is 11.7. The summed E-state index contributed by atoms with van der Waals surface area (Å²) in [6, 6.07) is 3.80. The van der Waals surface area contributed by atoms with E-state index in [1.165, 1.54) is 17.5 Å². The number of carbonyl (C=O) groups excluding carboxylic acids is 1. The van der Waals surface area contributed by atoms with Gasteiger partial charge in [-0.2, -0.15) is 0 Å². The van der Waals surface area contributed by atoms with Crippen molar-refractivity contribution in [2.75, 3.05) is 0 Å². The predicted octanol–water partition coefficient (Wildman–Crippen LogP) is 1.12. The van der Waals surface area contributed by atoms with Gasteiger partial charge in [-0.15, -0.1) is 16.4 Å². The minimum atomic E-state index is -1.04. The first-order valence-electron chi connectivity index (χ1n) is 5.19. The number of aromatic nitrogens is 3. The molecule has 7 nitrogen and oxygen atoms in total. The summed E-state index contributed by atoms with van der Waals surface area (Å²) in [6.45, 7) is 0.0685. The van der Waals surface area contributed by atoms with Gasteiger partial charge < -0.3 is 10.4 Å². The van der Waals surface area contributed by atoms with Crippen molar-refractivity contribution in [1.29, 1.82) is 0 Å². The van der Waals surface area contributed by atoms with Gasteiger partial charge in [0.25, 0.3) is 5.91 Å². The molecule has 9 heteroatoms. The smallest absolute Gasteiger partial charge is 0.325 e. The minimum Gasteiger partial charge on any atom is -0.480 e. The number of nitrogens with one attached hydrogen (secondary N) is 1. The van der Waals surface area contributed by atoms with Crippen molar-refractivity contribution in [2.45, 2.75) is 13.1 Å². The van der Waals surface area contributed by atoms with Crippen LogP contribution in [0.5, 0.6) is 0 Å². The Morgan fingerprint density at radius 2 is 2.26 bits per heavy atom. The van der Waals surface area contributed by atoms with Crippen LogP contribution in [0.4, 0.5) is 0 Å². The normalized spacial score (nSPS) is 10.4. The van der Waals surface area contributed by atoms with E-state index in [1.54, 1.807) is 0 Å². The number of amides is 1. The van der Waals surface area contributed by atoms with Crippen molar-refractivity contribution >= 4 is 39.1 Å². The molecule has 1 amide bonds. The third kappa shape index (κ3) is 3.86. The van der Waals surface area contributed by atoms with Gasteiger partial charge in [0.1, 0.15) is 6.54 Å². The minimum absolute atomic E-state index is 0.0943. The summed E-state index contributed by atoms with van der Waals surface area (Å²) in [7, 11) is 0. The largest absolute Gasteiger partial charge is 0.480 e. The maximum Gasteiger partial charge on any atom is 0.325 e. The van der Waals surface area contributed by atoms with Crippen LogP contribution in [-0.4, -0.2) is 32.0 Å². The highest BCUT2D eigenvalue weighted by Crippen LogP contribution is 2.21. The molecule has 2 rings (SSSR count). The number of carboxylic acids is 1. The van der Waals surface area contributed by atoms with Crippen LogP contribution in [-0.2, 0) is 17.9 Å². The number of hydrogen-bond acceptors (Lipinski definition) is 5. The molecule has 19 heavy (non-hydrogen) atoms. The van der Waals surface area contributed by atoms with Gasteiger partial charge in [0.15, 0.2) is 5.69 Å². The fourth-order valence-corrected chi connectivity index (χ4v) is 2.75. The molecule has 0 radical (unpaired) electrons. The molecule has 2 N–H and O–H groups in total.